The van der Waals surface area contributed by atoms with E-state index in [-0.39, 0.29) is 5.48 Å². The fourth-order valence-electron chi connectivity index (χ4n) is 1.48. The summed E-state index contributed by atoms with van der Waals surface area (Å²) in [5.74, 6) is -0.827. The molecule has 1 aromatic carbocycles. The summed E-state index contributed by atoms with van der Waals surface area (Å²) < 4.78 is 0. The highest BCUT2D eigenvalue weighted by Crippen LogP contribution is 2.28. The van der Waals surface area contributed by atoms with Gasteiger partial charge in [-0.25, -0.2) is 4.79 Å². The van der Waals surface area contributed by atoms with E-state index >= 15 is 0 Å². The SMILES string of the molecule is O.O=C(O)C1Cc2cc(Cl)ccc2N1. The Balaban J connectivity index is 0.000000980. The number of fused-ring (bicyclic) bond motifs is 1. The largest absolute Gasteiger partial charge is 0.480 e. The van der Waals surface area contributed by atoms with Crippen LogP contribution in [0.3, 0.4) is 0 Å². The Hall–Kier alpha value is -1.26. The van der Waals surface area contributed by atoms with Gasteiger partial charge in [0.25, 0.3) is 0 Å². The van der Waals surface area contributed by atoms with Crippen LogP contribution in [0.5, 0.6) is 0 Å². The van der Waals surface area contributed by atoms with E-state index in [1.54, 1.807) is 18.2 Å². The van der Waals surface area contributed by atoms with Gasteiger partial charge >= 0.3 is 5.97 Å². The van der Waals surface area contributed by atoms with E-state index in [0.29, 0.717) is 11.4 Å². The molecular formula is C9H10ClNO3. The van der Waals surface area contributed by atoms with Crippen LogP contribution < -0.4 is 5.32 Å². The van der Waals surface area contributed by atoms with Gasteiger partial charge in [-0.1, -0.05) is 11.6 Å². The second kappa shape index (κ2) is 3.86. The Kier molecular flexibility index (Phi) is 2.98. The maximum atomic E-state index is 10.7. The van der Waals surface area contributed by atoms with Crippen molar-refractivity contribution in [2.45, 2.75) is 12.5 Å². The molecule has 5 heteroatoms. The third-order valence-corrected chi connectivity index (χ3v) is 2.35. The molecule has 0 bridgehead atoms. The first-order chi connectivity index (χ1) is 6.16. The quantitative estimate of drug-likeness (QED) is 0.732. The van der Waals surface area contributed by atoms with Crippen molar-refractivity contribution in [3.8, 4) is 0 Å². The number of benzene rings is 1. The molecule has 0 fully saturated rings. The van der Waals surface area contributed by atoms with Crippen molar-refractivity contribution in [1.82, 2.24) is 0 Å². The zero-order valence-corrected chi connectivity index (χ0v) is 8.01. The summed E-state index contributed by atoms with van der Waals surface area (Å²) in [6, 6.07) is 4.85. The molecule has 1 aromatic rings. The molecule has 76 valence electrons. The Bertz CT molecular complexity index is 367. The van der Waals surface area contributed by atoms with Gasteiger partial charge in [0.05, 0.1) is 0 Å². The smallest absolute Gasteiger partial charge is 0.326 e. The van der Waals surface area contributed by atoms with Crippen LogP contribution in [0.1, 0.15) is 5.56 Å². The first-order valence-electron chi connectivity index (χ1n) is 3.94. The summed E-state index contributed by atoms with van der Waals surface area (Å²) in [7, 11) is 0. The van der Waals surface area contributed by atoms with Crippen LogP contribution in [-0.2, 0) is 11.2 Å². The summed E-state index contributed by atoms with van der Waals surface area (Å²) >= 11 is 5.78. The maximum Gasteiger partial charge on any atom is 0.326 e. The normalized spacial score (nSPS) is 17.9. The molecular weight excluding hydrogens is 206 g/mol. The van der Waals surface area contributed by atoms with E-state index in [4.69, 9.17) is 16.7 Å². The van der Waals surface area contributed by atoms with E-state index < -0.39 is 12.0 Å². The van der Waals surface area contributed by atoms with E-state index in [2.05, 4.69) is 5.32 Å². The lowest BCUT2D eigenvalue weighted by Crippen LogP contribution is -2.26. The van der Waals surface area contributed by atoms with Crippen molar-refractivity contribution in [2.75, 3.05) is 5.32 Å². The lowest BCUT2D eigenvalue weighted by Gasteiger charge is -2.03. The van der Waals surface area contributed by atoms with Crippen molar-refractivity contribution in [3.63, 3.8) is 0 Å². The summed E-state index contributed by atoms with van der Waals surface area (Å²) in [6.45, 7) is 0. The molecule has 0 aliphatic carbocycles. The third kappa shape index (κ3) is 1.81. The van der Waals surface area contributed by atoms with Crippen LogP contribution in [0.2, 0.25) is 5.02 Å². The Morgan fingerprint density at radius 2 is 2.29 bits per heavy atom. The van der Waals surface area contributed by atoms with Gasteiger partial charge in [-0.05, 0) is 23.8 Å². The van der Waals surface area contributed by atoms with Gasteiger partial charge in [-0.15, -0.1) is 0 Å². The van der Waals surface area contributed by atoms with Crippen LogP contribution in [0.4, 0.5) is 5.69 Å². The molecule has 1 aliphatic heterocycles. The Labute approximate surface area is 85.8 Å². The number of aliphatic carboxylic acids is 1. The molecule has 4 N–H and O–H groups in total. The maximum absolute atomic E-state index is 10.7. The van der Waals surface area contributed by atoms with Gasteiger partial charge in [-0.3, -0.25) is 0 Å². The average Bonchev–Trinajstić information content (AvgIpc) is 2.46. The highest BCUT2D eigenvalue weighted by molar-refractivity contribution is 6.30. The highest BCUT2D eigenvalue weighted by Gasteiger charge is 2.25. The van der Waals surface area contributed by atoms with Gasteiger partial charge in [-0.2, -0.15) is 0 Å². The number of nitrogens with one attached hydrogen (secondary N) is 1. The molecule has 0 amide bonds. The molecule has 1 heterocycles. The molecule has 1 unspecified atom stereocenters. The zero-order chi connectivity index (χ0) is 9.42. The number of halogens is 1. The van der Waals surface area contributed by atoms with Crippen molar-refractivity contribution in [3.05, 3.63) is 28.8 Å². The number of anilines is 1. The summed E-state index contributed by atoms with van der Waals surface area (Å²) in [6.07, 6.45) is 0.505. The molecule has 0 aromatic heterocycles. The number of hydrogen-bond donors (Lipinski definition) is 2. The monoisotopic (exact) mass is 215 g/mol. The predicted molar refractivity (Wildman–Crippen MR) is 53.8 cm³/mol. The van der Waals surface area contributed by atoms with Gasteiger partial charge < -0.3 is 15.9 Å². The summed E-state index contributed by atoms with van der Waals surface area (Å²) in [4.78, 5) is 10.7. The van der Waals surface area contributed by atoms with Crippen LogP contribution in [0, 0.1) is 0 Å². The highest BCUT2D eigenvalue weighted by atomic mass is 35.5. The molecule has 14 heavy (non-hydrogen) atoms. The van der Waals surface area contributed by atoms with E-state index in [0.717, 1.165) is 11.3 Å². The number of carbonyl (C=O) groups is 1. The standard InChI is InChI=1S/C9H8ClNO2.H2O/c10-6-1-2-7-5(3-6)4-8(11-7)9(12)13;/h1-3,8,11H,4H2,(H,12,13);1H2. The number of rotatable bonds is 1. The van der Waals surface area contributed by atoms with Gasteiger partial charge in [0.15, 0.2) is 0 Å². The molecule has 0 spiro atoms. The lowest BCUT2D eigenvalue weighted by atomic mass is 10.1. The second-order valence-electron chi connectivity index (χ2n) is 3.04. The summed E-state index contributed by atoms with van der Waals surface area (Å²) in [5, 5.41) is 12.3. The molecule has 0 radical (unpaired) electrons. The number of carboxylic acid groups (broad SMARTS) is 1. The fourth-order valence-corrected chi connectivity index (χ4v) is 1.67. The van der Waals surface area contributed by atoms with Crippen molar-refractivity contribution >= 4 is 23.3 Å². The van der Waals surface area contributed by atoms with E-state index in [9.17, 15) is 4.79 Å². The van der Waals surface area contributed by atoms with Crippen LogP contribution in [-0.4, -0.2) is 22.6 Å². The molecule has 4 nitrogen and oxygen atoms in total. The van der Waals surface area contributed by atoms with Crippen molar-refractivity contribution in [2.24, 2.45) is 0 Å². The zero-order valence-electron chi connectivity index (χ0n) is 7.25. The van der Waals surface area contributed by atoms with Crippen molar-refractivity contribution in [1.29, 1.82) is 0 Å². The van der Waals surface area contributed by atoms with Crippen molar-refractivity contribution < 1.29 is 15.4 Å². The molecule has 0 saturated heterocycles. The van der Waals surface area contributed by atoms with E-state index in [1.807, 2.05) is 0 Å². The average molecular weight is 216 g/mol. The first-order valence-corrected chi connectivity index (χ1v) is 4.32. The third-order valence-electron chi connectivity index (χ3n) is 2.12. The van der Waals surface area contributed by atoms with Gasteiger partial charge in [0.1, 0.15) is 6.04 Å². The Morgan fingerprint density at radius 1 is 1.57 bits per heavy atom. The lowest BCUT2D eigenvalue weighted by molar-refractivity contribution is -0.137. The van der Waals surface area contributed by atoms with Gasteiger partial charge in [0.2, 0.25) is 0 Å². The topological polar surface area (TPSA) is 80.8 Å². The van der Waals surface area contributed by atoms with Crippen LogP contribution in [0.15, 0.2) is 18.2 Å². The minimum Gasteiger partial charge on any atom is -0.480 e. The molecule has 1 aliphatic rings. The number of hydrogen-bond acceptors (Lipinski definition) is 2. The molecule has 2 rings (SSSR count). The molecule has 0 saturated carbocycles. The van der Waals surface area contributed by atoms with E-state index in [1.165, 1.54) is 0 Å². The first kappa shape index (κ1) is 10.8. The minimum absolute atomic E-state index is 0. The second-order valence-corrected chi connectivity index (χ2v) is 3.48. The predicted octanol–water partition coefficient (Wildman–Crippen LogP) is 0.936. The number of carboxylic acids is 1. The van der Waals surface area contributed by atoms with Crippen LogP contribution >= 0.6 is 11.6 Å². The summed E-state index contributed by atoms with van der Waals surface area (Å²) in [5.41, 5.74) is 1.84. The van der Waals surface area contributed by atoms with Crippen LogP contribution in [0.25, 0.3) is 0 Å². The molecule has 1 atom stereocenters. The van der Waals surface area contributed by atoms with Gasteiger partial charge in [0, 0.05) is 17.1 Å². The minimum atomic E-state index is -0.827. The Morgan fingerprint density at radius 3 is 2.93 bits per heavy atom. The fraction of sp³-hybridized carbons (Fsp3) is 0.222.